The van der Waals surface area contributed by atoms with Crippen molar-refractivity contribution >= 4 is 11.5 Å². The number of aromatic hydroxyl groups is 1. The average Bonchev–Trinajstić information content (AvgIpc) is 2.79. The first-order valence-corrected chi connectivity index (χ1v) is 9.74. The highest BCUT2D eigenvalue weighted by Gasteiger charge is 2.31. The Morgan fingerprint density at radius 1 is 0.839 bits per heavy atom. The molecule has 4 aromatic rings. The monoisotopic (exact) mass is 409 g/mol. The Bertz CT molecular complexity index is 1260. The van der Waals surface area contributed by atoms with E-state index >= 15 is 0 Å². The molecule has 0 fully saturated rings. The molecule has 31 heavy (non-hydrogen) atoms. The van der Waals surface area contributed by atoms with Gasteiger partial charge in [0.2, 0.25) is 0 Å². The molecule has 0 bridgehead atoms. The fourth-order valence-electron chi connectivity index (χ4n) is 3.65. The Kier molecular flexibility index (Phi) is 5.33. The first kappa shape index (κ1) is 20.0. The number of phenolic OH excluding ortho intramolecular Hbond substituents is 1. The topological polar surface area (TPSA) is 80.4 Å². The van der Waals surface area contributed by atoms with Crippen molar-refractivity contribution in [3.63, 3.8) is 0 Å². The summed E-state index contributed by atoms with van der Waals surface area (Å²) in [6.07, 6.45) is 0. The molecule has 0 aromatic heterocycles. The van der Waals surface area contributed by atoms with E-state index in [4.69, 9.17) is 0 Å². The Morgan fingerprint density at radius 2 is 1.39 bits per heavy atom. The summed E-state index contributed by atoms with van der Waals surface area (Å²) in [5, 5.41) is 23.2. The van der Waals surface area contributed by atoms with Crippen LogP contribution in [-0.4, -0.2) is 15.8 Å². The molecule has 0 heterocycles. The zero-order valence-corrected chi connectivity index (χ0v) is 16.8. The minimum absolute atomic E-state index is 0.0820. The maximum atomic E-state index is 13.4. The fraction of sp³-hybridized carbons (Fsp3) is 0.0385. The first-order valence-electron chi connectivity index (χ1n) is 9.74. The summed E-state index contributed by atoms with van der Waals surface area (Å²) in [7, 11) is 0. The highest BCUT2D eigenvalue weighted by Crippen LogP contribution is 2.45. The van der Waals surface area contributed by atoms with Gasteiger partial charge in [0.1, 0.15) is 5.75 Å². The number of benzene rings is 4. The summed E-state index contributed by atoms with van der Waals surface area (Å²) >= 11 is 0. The lowest BCUT2D eigenvalue weighted by Gasteiger charge is -2.15. The third-order valence-corrected chi connectivity index (χ3v) is 5.15. The average molecular weight is 409 g/mol. The van der Waals surface area contributed by atoms with Crippen LogP contribution in [0.2, 0.25) is 0 Å². The van der Waals surface area contributed by atoms with Crippen LogP contribution in [0.5, 0.6) is 5.75 Å². The van der Waals surface area contributed by atoms with Gasteiger partial charge in [-0.1, -0.05) is 90.5 Å². The number of carbonyl (C=O) groups excluding carboxylic acids is 1. The molecule has 5 heteroatoms. The third kappa shape index (κ3) is 3.81. The number of phenols is 1. The lowest BCUT2D eigenvalue weighted by atomic mass is 9.87. The second-order valence-corrected chi connectivity index (χ2v) is 7.23. The van der Waals surface area contributed by atoms with Crippen molar-refractivity contribution in [1.29, 1.82) is 0 Å². The number of ketones is 1. The predicted molar refractivity (Wildman–Crippen MR) is 120 cm³/mol. The smallest absolute Gasteiger partial charge is 0.285 e. The van der Waals surface area contributed by atoms with E-state index in [1.807, 2.05) is 13.0 Å². The quantitative estimate of drug-likeness (QED) is 0.243. The van der Waals surface area contributed by atoms with E-state index in [0.29, 0.717) is 16.7 Å². The first-order chi connectivity index (χ1) is 15.0. The Hall–Kier alpha value is -4.25. The molecule has 0 unspecified atom stereocenters. The third-order valence-electron chi connectivity index (χ3n) is 5.15. The maximum absolute atomic E-state index is 13.4. The van der Waals surface area contributed by atoms with Gasteiger partial charge in [-0.3, -0.25) is 14.9 Å². The Labute approximate surface area is 179 Å². The van der Waals surface area contributed by atoms with Gasteiger partial charge in [-0.05, 0) is 24.1 Å². The molecule has 0 aliphatic carbocycles. The molecule has 152 valence electrons. The van der Waals surface area contributed by atoms with E-state index in [9.17, 15) is 20.0 Å². The van der Waals surface area contributed by atoms with Crippen LogP contribution in [0.1, 0.15) is 21.5 Å². The van der Waals surface area contributed by atoms with Crippen LogP contribution < -0.4 is 0 Å². The van der Waals surface area contributed by atoms with E-state index < -0.39 is 10.7 Å². The molecule has 4 rings (SSSR count). The van der Waals surface area contributed by atoms with Crippen LogP contribution in [0, 0.1) is 17.0 Å². The zero-order valence-electron chi connectivity index (χ0n) is 16.8. The van der Waals surface area contributed by atoms with Gasteiger partial charge in [0.25, 0.3) is 5.69 Å². The number of hydrogen-bond donors (Lipinski definition) is 1. The number of rotatable bonds is 5. The molecule has 0 amide bonds. The molecular formula is C26H19NO4. The van der Waals surface area contributed by atoms with Crippen molar-refractivity contribution in [3.05, 3.63) is 118 Å². The van der Waals surface area contributed by atoms with Gasteiger partial charge in [0.15, 0.2) is 5.78 Å². The molecule has 1 N–H and O–H groups in total. The number of nitrogens with zero attached hydrogens (tertiary/aromatic N) is 1. The second kappa shape index (κ2) is 8.24. The van der Waals surface area contributed by atoms with E-state index in [2.05, 4.69) is 0 Å². The van der Waals surface area contributed by atoms with Crippen molar-refractivity contribution in [3.8, 4) is 28.0 Å². The SMILES string of the molecule is Cc1ccc(C(=O)c2c(O)cc(-c3ccccc3)c([N+](=O)[O-])c2-c2ccccc2)cc1. The van der Waals surface area contributed by atoms with Crippen LogP contribution >= 0.6 is 0 Å². The zero-order chi connectivity index (χ0) is 22.0. The van der Waals surface area contributed by atoms with E-state index in [1.54, 1.807) is 78.9 Å². The summed E-state index contributed by atoms with van der Waals surface area (Å²) in [4.78, 5) is 25.2. The molecule has 0 radical (unpaired) electrons. The van der Waals surface area contributed by atoms with Crippen molar-refractivity contribution < 1.29 is 14.8 Å². The number of nitro benzene ring substituents is 1. The Morgan fingerprint density at radius 3 is 1.94 bits per heavy atom. The molecule has 0 saturated heterocycles. The van der Waals surface area contributed by atoms with Gasteiger partial charge in [-0.2, -0.15) is 0 Å². The van der Waals surface area contributed by atoms with Crippen LogP contribution in [0.3, 0.4) is 0 Å². The maximum Gasteiger partial charge on any atom is 0.285 e. The van der Waals surface area contributed by atoms with Crippen molar-refractivity contribution in [2.45, 2.75) is 6.92 Å². The van der Waals surface area contributed by atoms with Crippen LogP contribution in [-0.2, 0) is 0 Å². The summed E-state index contributed by atoms with van der Waals surface area (Å²) in [5.74, 6) is -0.770. The van der Waals surface area contributed by atoms with Crippen LogP contribution in [0.25, 0.3) is 22.3 Å². The van der Waals surface area contributed by atoms with Gasteiger partial charge in [-0.25, -0.2) is 0 Å². The molecule has 0 spiro atoms. The van der Waals surface area contributed by atoms with Crippen molar-refractivity contribution in [1.82, 2.24) is 0 Å². The summed E-state index contributed by atoms with van der Waals surface area (Å²) < 4.78 is 0. The second-order valence-electron chi connectivity index (χ2n) is 7.23. The van der Waals surface area contributed by atoms with Crippen molar-refractivity contribution in [2.75, 3.05) is 0 Å². The Balaban J connectivity index is 2.08. The molecular weight excluding hydrogens is 390 g/mol. The molecule has 5 nitrogen and oxygen atoms in total. The number of aryl methyl sites for hydroxylation is 1. The number of carbonyl (C=O) groups is 1. The molecule has 0 atom stereocenters. The summed E-state index contributed by atoms with van der Waals surface area (Å²) in [6, 6.07) is 25.7. The molecule has 0 aliphatic rings. The van der Waals surface area contributed by atoms with E-state index in [1.165, 1.54) is 6.07 Å². The lowest BCUT2D eigenvalue weighted by Crippen LogP contribution is -2.08. The lowest BCUT2D eigenvalue weighted by molar-refractivity contribution is -0.383. The predicted octanol–water partition coefficient (Wildman–Crippen LogP) is 6.17. The highest BCUT2D eigenvalue weighted by molar-refractivity contribution is 6.17. The number of nitro groups is 1. The molecule has 0 saturated carbocycles. The number of hydrogen-bond acceptors (Lipinski definition) is 4. The fourth-order valence-corrected chi connectivity index (χ4v) is 3.65. The van der Waals surface area contributed by atoms with Gasteiger partial charge in [0.05, 0.1) is 21.6 Å². The van der Waals surface area contributed by atoms with E-state index in [-0.39, 0.29) is 28.1 Å². The van der Waals surface area contributed by atoms with Gasteiger partial charge in [0, 0.05) is 5.56 Å². The van der Waals surface area contributed by atoms with Crippen molar-refractivity contribution in [2.24, 2.45) is 0 Å². The normalized spacial score (nSPS) is 10.6. The minimum atomic E-state index is -0.490. The molecule has 4 aromatic carbocycles. The standard InChI is InChI=1S/C26H19NO4/c1-17-12-14-20(15-13-17)26(29)24-22(28)16-21(18-8-4-2-5-9-18)25(27(30)31)23(24)19-10-6-3-7-11-19/h2-16,28H,1H3. The van der Waals surface area contributed by atoms with E-state index in [0.717, 1.165) is 5.56 Å². The van der Waals surface area contributed by atoms with Crippen LogP contribution in [0.15, 0.2) is 91.0 Å². The summed E-state index contributed by atoms with van der Waals surface area (Å²) in [6.45, 7) is 1.90. The minimum Gasteiger partial charge on any atom is -0.507 e. The highest BCUT2D eigenvalue weighted by atomic mass is 16.6. The molecule has 0 aliphatic heterocycles. The van der Waals surface area contributed by atoms with Gasteiger partial charge >= 0.3 is 0 Å². The van der Waals surface area contributed by atoms with Gasteiger partial charge < -0.3 is 5.11 Å². The van der Waals surface area contributed by atoms with Gasteiger partial charge in [-0.15, -0.1) is 0 Å². The van der Waals surface area contributed by atoms with Crippen LogP contribution in [0.4, 0.5) is 5.69 Å². The summed E-state index contributed by atoms with van der Waals surface area (Å²) in [5.41, 5.74) is 2.45. The largest absolute Gasteiger partial charge is 0.507 e.